The quantitative estimate of drug-likeness (QED) is 0.838. The van der Waals surface area contributed by atoms with Gasteiger partial charge in [0.15, 0.2) is 0 Å². The SMILES string of the molecule is Fc1ccc(NC2c3ccccc3CC2Cl)nc1. The Kier molecular flexibility index (Phi) is 2.92. The molecule has 0 bridgehead atoms. The molecule has 0 amide bonds. The number of aromatic nitrogens is 1. The van der Waals surface area contributed by atoms with Crippen molar-refractivity contribution in [3.05, 3.63) is 59.5 Å². The maximum Gasteiger partial charge on any atom is 0.141 e. The molecular weight excluding hydrogens is 251 g/mol. The Bertz CT molecular complexity index is 556. The average molecular weight is 263 g/mol. The molecule has 2 nitrogen and oxygen atoms in total. The molecule has 1 aliphatic carbocycles. The van der Waals surface area contributed by atoms with Gasteiger partial charge in [-0.05, 0) is 29.7 Å². The average Bonchev–Trinajstić information content (AvgIpc) is 2.69. The summed E-state index contributed by atoms with van der Waals surface area (Å²) in [6.45, 7) is 0. The predicted molar refractivity (Wildman–Crippen MR) is 70.3 cm³/mol. The molecule has 0 saturated carbocycles. The standard InChI is InChI=1S/C14H12ClFN2/c15-12-7-9-3-1-2-4-11(9)14(12)18-13-6-5-10(16)8-17-13/h1-6,8,12,14H,7H2,(H,17,18). The molecule has 2 atom stereocenters. The summed E-state index contributed by atoms with van der Waals surface area (Å²) in [6.07, 6.45) is 2.04. The zero-order valence-electron chi connectivity index (χ0n) is 9.61. The van der Waals surface area contributed by atoms with Crippen LogP contribution in [0.1, 0.15) is 17.2 Å². The molecule has 0 radical (unpaired) electrons. The van der Waals surface area contributed by atoms with E-state index in [1.54, 1.807) is 6.07 Å². The molecule has 92 valence electrons. The van der Waals surface area contributed by atoms with Crippen molar-refractivity contribution in [3.63, 3.8) is 0 Å². The van der Waals surface area contributed by atoms with Crippen LogP contribution in [0.4, 0.5) is 10.2 Å². The Morgan fingerprint density at radius 2 is 2.06 bits per heavy atom. The van der Waals surface area contributed by atoms with Crippen LogP contribution in [0.25, 0.3) is 0 Å². The third kappa shape index (κ3) is 2.06. The van der Waals surface area contributed by atoms with Crippen molar-refractivity contribution in [2.45, 2.75) is 17.8 Å². The topological polar surface area (TPSA) is 24.9 Å². The summed E-state index contributed by atoms with van der Waals surface area (Å²) in [4.78, 5) is 4.00. The van der Waals surface area contributed by atoms with E-state index in [4.69, 9.17) is 11.6 Å². The second-order valence-corrected chi connectivity index (χ2v) is 4.96. The molecular formula is C14H12ClFN2. The Morgan fingerprint density at radius 3 is 2.83 bits per heavy atom. The van der Waals surface area contributed by atoms with E-state index in [0.29, 0.717) is 5.82 Å². The van der Waals surface area contributed by atoms with Crippen LogP contribution in [-0.4, -0.2) is 10.4 Å². The fraction of sp³-hybridized carbons (Fsp3) is 0.214. The fourth-order valence-electron chi connectivity index (χ4n) is 2.33. The minimum atomic E-state index is -0.338. The van der Waals surface area contributed by atoms with Crippen LogP contribution in [0.3, 0.4) is 0 Å². The lowest BCUT2D eigenvalue weighted by Crippen LogP contribution is -2.17. The van der Waals surface area contributed by atoms with Gasteiger partial charge in [-0.1, -0.05) is 24.3 Å². The number of fused-ring (bicyclic) bond motifs is 1. The highest BCUT2D eigenvalue weighted by molar-refractivity contribution is 6.21. The van der Waals surface area contributed by atoms with Gasteiger partial charge >= 0.3 is 0 Å². The van der Waals surface area contributed by atoms with Crippen molar-refractivity contribution < 1.29 is 4.39 Å². The monoisotopic (exact) mass is 262 g/mol. The minimum absolute atomic E-state index is 0.00532. The van der Waals surface area contributed by atoms with E-state index in [1.165, 1.54) is 23.4 Å². The van der Waals surface area contributed by atoms with Crippen molar-refractivity contribution in [1.82, 2.24) is 4.98 Å². The van der Waals surface area contributed by atoms with Gasteiger partial charge in [-0.25, -0.2) is 9.37 Å². The van der Waals surface area contributed by atoms with Crippen molar-refractivity contribution in [2.75, 3.05) is 5.32 Å². The number of nitrogens with one attached hydrogen (secondary N) is 1. The normalized spacial score (nSPS) is 21.7. The summed E-state index contributed by atoms with van der Waals surface area (Å²) in [7, 11) is 0. The summed E-state index contributed by atoms with van der Waals surface area (Å²) in [6, 6.07) is 11.2. The first-order valence-corrected chi connectivity index (χ1v) is 6.27. The number of hydrogen-bond donors (Lipinski definition) is 1. The zero-order valence-corrected chi connectivity index (χ0v) is 10.4. The Labute approximate surface area is 110 Å². The van der Waals surface area contributed by atoms with Crippen LogP contribution in [0.5, 0.6) is 0 Å². The van der Waals surface area contributed by atoms with Gasteiger partial charge in [0.25, 0.3) is 0 Å². The van der Waals surface area contributed by atoms with E-state index in [2.05, 4.69) is 22.4 Å². The smallest absolute Gasteiger partial charge is 0.141 e. The molecule has 1 aromatic heterocycles. The van der Waals surface area contributed by atoms with E-state index in [1.807, 2.05) is 12.1 Å². The first-order chi connectivity index (χ1) is 8.74. The van der Waals surface area contributed by atoms with Crippen molar-refractivity contribution >= 4 is 17.4 Å². The van der Waals surface area contributed by atoms with Crippen LogP contribution < -0.4 is 5.32 Å². The molecule has 0 spiro atoms. The van der Waals surface area contributed by atoms with Gasteiger partial charge in [-0.2, -0.15) is 0 Å². The van der Waals surface area contributed by atoms with Crippen LogP contribution in [0, 0.1) is 5.82 Å². The lowest BCUT2D eigenvalue weighted by Gasteiger charge is -2.17. The number of benzene rings is 1. The summed E-state index contributed by atoms with van der Waals surface area (Å²) in [5, 5.41) is 3.26. The van der Waals surface area contributed by atoms with Gasteiger partial charge in [0.05, 0.1) is 17.6 Å². The highest BCUT2D eigenvalue weighted by Gasteiger charge is 2.30. The largest absolute Gasteiger partial charge is 0.362 e. The highest BCUT2D eigenvalue weighted by Crippen LogP contribution is 2.36. The van der Waals surface area contributed by atoms with Gasteiger partial charge in [-0.3, -0.25) is 0 Å². The number of pyridine rings is 1. The molecule has 1 aromatic carbocycles. The van der Waals surface area contributed by atoms with Gasteiger partial charge in [0.2, 0.25) is 0 Å². The van der Waals surface area contributed by atoms with Crippen molar-refractivity contribution in [3.8, 4) is 0 Å². The van der Waals surface area contributed by atoms with E-state index >= 15 is 0 Å². The Morgan fingerprint density at radius 1 is 1.22 bits per heavy atom. The maximum atomic E-state index is 12.8. The first kappa shape index (κ1) is 11.5. The van der Waals surface area contributed by atoms with Crippen LogP contribution in [-0.2, 0) is 6.42 Å². The molecule has 18 heavy (non-hydrogen) atoms. The Hall–Kier alpha value is -1.61. The minimum Gasteiger partial charge on any atom is -0.362 e. The molecule has 1 heterocycles. The summed E-state index contributed by atoms with van der Waals surface area (Å²) < 4.78 is 12.8. The molecule has 0 saturated heterocycles. The van der Waals surface area contributed by atoms with Gasteiger partial charge in [-0.15, -0.1) is 11.6 Å². The van der Waals surface area contributed by atoms with Gasteiger partial charge < -0.3 is 5.32 Å². The van der Waals surface area contributed by atoms with Gasteiger partial charge in [0, 0.05) is 0 Å². The van der Waals surface area contributed by atoms with E-state index in [-0.39, 0.29) is 17.2 Å². The van der Waals surface area contributed by atoms with E-state index < -0.39 is 0 Å². The van der Waals surface area contributed by atoms with Crippen LogP contribution in [0.15, 0.2) is 42.6 Å². The number of nitrogens with zero attached hydrogens (tertiary/aromatic N) is 1. The molecule has 4 heteroatoms. The van der Waals surface area contributed by atoms with Crippen LogP contribution >= 0.6 is 11.6 Å². The lowest BCUT2D eigenvalue weighted by molar-refractivity contribution is 0.621. The predicted octanol–water partition coefficient (Wildman–Crippen LogP) is 3.54. The van der Waals surface area contributed by atoms with Crippen LogP contribution in [0.2, 0.25) is 0 Å². The lowest BCUT2D eigenvalue weighted by atomic mass is 10.1. The van der Waals surface area contributed by atoms with E-state index in [9.17, 15) is 4.39 Å². The molecule has 0 aliphatic heterocycles. The fourth-order valence-corrected chi connectivity index (χ4v) is 2.70. The zero-order chi connectivity index (χ0) is 12.5. The third-order valence-corrected chi connectivity index (χ3v) is 3.60. The van der Waals surface area contributed by atoms with E-state index in [0.717, 1.165) is 6.42 Å². The third-order valence-electron chi connectivity index (χ3n) is 3.20. The second-order valence-electron chi connectivity index (χ2n) is 4.40. The highest BCUT2D eigenvalue weighted by atomic mass is 35.5. The molecule has 1 aliphatic rings. The number of anilines is 1. The molecule has 0 fully saturated rings. The molecule has 2 aromatic rings. The number of halogens is 2. The van der Waals surface area contributed by atoms with Gasteiger partial charge in [0.1, 0.15) is 11.6 Å². The maximum absolute atomic E-state index is 12.8. The van der Waals surface area contributed by atoms with Crippen molar-refractivity contribution in [2.24, 2.45) is 0 Å². The number of rotatable bonds is 2. The summed E-state index contributed by atoms with van der Waals surface area (Å²) in [5.74, 6) is 0.304. The first-order valence-electron chi connectivity index (χ1n) is 5.84. The second kappa shape index (κ2) is 4.58. The molecule has 3 rings (SSSR count). The number of alkyl halides is 1. The Balaban J connectivity index is 1.87. The molecule has 1 N–H and O–H groups in total. The van der Waals surface area contributed by atoms with Crippen molar-refractivity contribution in [1.29, 1.82) is 0 Å². The number of hydrogen-bond acceptors (Lipinski definition) is 2. The summed E-state index contributed by atoms with van der Waals surface area (Å²) >= 11 is 6.36. The molecule has 2 unspecified atom stereocenters. The summed E-state index contributed by atoms with van der Waals surface area (Å²) in [5.41, 5.74) is 2.46.